The Hall–Kier alpha value is -3.35. The molecule has 7 heteroatoms. The minimum absolute atomic E-state index is 0.0133. The summed E-state index contributed by atoms with van der Waals surface area (Å²) in [6.07, 6.45) is 1.39. The minimum atomic E-state index is -0.862. The molecule has 0 heterocycles. The summed E-state index contributed by atoms with van der Waals surface area (Å²) in [5.41, 5.74) is 4.70. The van der Waals surface area contributed by atoms with Crippen molar-refractivity contribution in [3.05, 3.63) is 59.7 Å². The van der Waals surface area contributed by atoms with E-state index >= 15 is 0 Å². The number of hydrogen-bond acceptors (Lipinski definition) is 4. The number of benzene rings is 2. The molecule has 2 aliphatic carbocycles. The second-order valence-electron chi connectivity index (χ2n) is 8.85. The van der Waals surface area contributed by atoms with E-state index in [1.807, 2.05) is 31.2 Å². The summed E-state index contributed by atoms with van der Waals surface area (Å²) in [6.45, 7) is 2.58. The molecule has 0 radical (unpaired) electrons. The maximum Gasteiger partial charge on any atom is 0.407 e. The van der Waals surface area contributed by atoms with Crippen molar-refractivity contribution in [3.63, 3.8) is 0 Å². The van der Waals surface area contributed by atoms with Gasteiger partial charge in [0.25, 0.3) is 0 Å². The third-order valence-corrected chi connectivity index (χ3v) is 6.66. The molecule has 0 aromatic heterocycles. The Labute approximate surface area is 193 Å². The number of rotatable bonds is 10. The molecule has 2 aromatic rings. The number of hydrogen-bond donors (Lipinski definition) is 3. The van der Waals surface area contributed by atoms with Crippen molar-refractivity contribution < 1.29 is 24.2 Å². The fourth-order valence-corrected chi connectivity index (χ4v) is 4.64. The van der Waals surface area contributed by atoms with Gasteiger partial charge in [0.2, 0.25) is 5.91 Å². The lowest BCUT2D eigenvalue weighted by molar-refractivity contribution is -0.137. The molecule has 0 aliphatic heterocycles. The predicted molar refractivity (Wildman–Crippen MR) is 124 cm³/mol. The largest absolute Gasteiger partial charge is 0.481 e. The molecule has 1 fully saturated rings. The summed E-state index contributed by atoms with van der Waals surface area (Å²) < 4.78 is 5.54. The zero-order valence-electron chi connectivity index (χ0n) is 18.8. The fraction of sp³-hybridized carbons (Fsp3) is 0.423. The van der Waals surface area contributed by atoms with Crippen LogP contribution in [0.4, 0.5) is 4.79 Å². The highest BCUT2D eigenvalue weighted by molar-refractivity contribution is 5.82. The Kier molecular flexibility index (Phi) is 6.96. The number of aliphatic carboxylic acids is 1. The van der Waals surface area contributed by atoms with E-state index in [9.17, 15) is 14.4 Å². The molecule has 7 nitrogen and oxygen atoms in total. The molecule has 3 N–H and O–H groups in total. The van der Waals surface area contributed by atoms with Crippen LogP contribution in [0.3, 0.4) is 0 Å². The lowest BCUT2D eigenvalue weighted by atomic mass is 9.98. The molecule has 4 rings (SSSR count). The first-order valence-electron chi connectivity index (χ1n) is 11.6. The Bertz CT molecular complexity index is 991. The second-order valence-corrected chi connectivity index (χ2v) is 8.85. The summed E-state index contributed by atoms with van der Waals surface area (Å²) in [5, 5.41) is 14.5. The van der Waals surface area contributed by atoms with Gasteiger partial charge in [0.15, 0.2) is 0 Å². The van der Waals surface area contributed by atoms with Crippen LogP contribution in [0.2, 0.25) is 0 Å². The number of nitrogens with one attached hydrogen (secondary N) is 2. The third-order valence-electron chi connectivity index (χ3n) is 6.66. The topological polar surface area (TPSA) is 105 Å². The van der Waals surface area contributed by atoms with Crippen molar-refractivity contribution in [2.45, 2.75) is 44.6 Å². The maximum atomic E-state index is 12.4. The number of ether oxygens (including phenoxy) is 1. The van der Waals surface area contributed by atoms with E-state index in [0.717, 1.165) is 0 Å². The summed E-state index contributed by atoms with van der Waals surface area (Å²) in [4.78, 5) is 35.5. The Balaban J connectivity index is 1.22. The van der Waals surface area contributed by atoms with Crippen molar-refractivity contribution >= 4 is 18.0 Å². The Morgan fingerprint density at radius 3 is 2.30 bits per heavy atom. The Morgan fingerprint density at radius 1 is 1.06 bits per heavy atom. The van der Waals surface area contributed by atoms with E-state index in [4.69, 9.17) is 9.84 Å². The normalized spacial score (nSPS) is 19.2. The molecule has 1 unspecified atom stereocenters. The van der Waals surface area contributed by atoms with Crippen molar-refractivity contribution in [2.75, 3.05) is 13.2 Å². The molecule has 174 valence electrons. The quantitative estimate of drug-likeness (QED) is 0.509. The van der Waals surface area contributed by atoms with Crippen LogP contribution in [0.15, 0.2) is 48.5 Å². The fourth-order valence-electron chi connectivity index (χ4n) is 4.64. The van der Waals surface area contributed by atoms with Crippen LogP contribution in [0.25, 0.3) is 11.1 Å². The zero-order chi connectivity index (χ0) is 23.4. The van der Waals surface area contributed by atoms with Crippen LogP contribution in [0, 0.1) is 11.8 Å². The van der Waals surface area contributed by atoms with Crippen LogP contribution in [0.5, 0.6) is 0 Å². The number of carboxylic acids is 1. The summed E-state index contributed by atoms with van der Waals surface area (Å²) >= 11 is 0. The number of carboxylic acid groups (broad SMARTS) is 1. The zero-order valence-corrected chi connectivity index (χ0v) is 18.8. The first-order chi connectivity index (χ1) is 16.0. The molecular formula is C26H30N2O5. The average molecular weight is 451 g/mol. The molecule has 0 spiro atoms. The van der Waals surface area contributed by atoms with Crippen molar-refractivity contribution in [1.82, 2.24) is 10.6 Å². The van der Waals surface area contributed by atoms with Gasteiger partial charge in [0.05, 0.1) is 0 Å². The molecule has 0 saturated heterocycles. The highest BCUT2D eigenvalue weighted by Gasteiger charge is 2.43. The first kappa shape index (κ1) is 22.8. The van der Waals surface area contributed by atoms with Crippen LogP contribution >= 0.6 is 0 Å². The van der Waals surface area contributed by atoms with Crippen LogP contribution in [-0.4, -0.2) is 42.3 Å². The highest BCUT2D eigenvalue weighted by Crippen LogP contribution is 2.44. The van der Waals surface area contributed by atoms with E-state index in [1.54, 1.807) is 0 Å². The molecule has 0 bridgehead atoms. The van der Waals surface area contributed by atoms with Crippen molar-refractivity contribution in [2.24, 2.45) is 11.8 Å². The number of carbonyl (C=O) groups is 3. The second kappa shape index (κ2) is 10.1. The number of fused-ring (bicyclic) bond motifs is 3. The average Bonchev–Trinajstić information content (AvgIpc) is 3.54. The minimum Gasteiger partial charge on any atom is -0.481 e. The molecule has 1 saturated carbocycles. The summed E-state index contributed by atoms with van der Waals surface area (Å²) in [7, 11) is 0. The summed E-state index contributed by atoms with van der Waals surface area (Å²) in [5.74, 6) is -0.967. The van der Waals surface area contributed by atoms with Gasteiger partial charge in [-0.3, -0.25) is 9.59 Å². The Morgan fingerprint density at radius 2 is 1.70 bits per heavy atom. The molecule has 33 heavy (non-hydrogen) atoms. The van der Waals surface area contributed by atoms with Gasteiger partial charge in [-0.05, 0) is 47.4 Å². The monoisotopic (exact) mass is 450 g/mol. The third kappa shape index (κ3) is 5.35. The molecular weight excluding hydrogens is 420 g/mol. The van der Waals surface area contributed by atoms with E-state index in [-0.39, 0.29) is 42.7 Å². The maximum absolute atomic E-state index is 12.4. The van der Waals surface area contributed by atoms with E-state index in [2.05, 4.69) is 34.9 Å². The van der Waals surface area contributed by atoms with Crippen molar-refractivity contribution in [3.8, 4) is 11.1 Å². The standard InChI is InChI=1S/C26H30N2O5/c1-2-17(11-12-24(29)30)28-25(31)22-13-16(22)14-27-26(32)33-15-23-20-9-5-3-7-18(20)19-8-4-6-10-21(19)23/h3-10,16-17,22-23H,2,11-15H2,1H3,(H,27,32)(H,28,31)(H,29,30)/t16-,17?,22-/m0/s1. The van der Waals surface area contributed by atoms with Gasteiger partial charge in [0.1, 0.15) is 6.61 Å². The smallest absolute Gasteiger partial charge is 0.407 e. The van der Waals surface area contributed by atoms with Gasteiger partial charge in [0, 0.05) is 30.8 Å². The van der Waals surface area contributed by atoms with Gasteiger partial charge >= 0.3 is 12.1 Å². The van der Waals surface area contributed by atoms with E-state index in [0.29, 0.717) is 25.8 Å². The van der Waals surface area contributed by atoms with Gasteiger partial charge in [-0.2, -0.15) is 0 Å². The van der Waals surface area contributed by atoms with Gasteiger partial charge < -0.3 is 20.5 Å². The van der Waals surface area contributed by atoms with Crippen LogP contribution in [-0.2, 0) is 14.3 Å². The number of amides is 2. The number of alkyl carbamates (subject to hydrolysis) is 1. The van der Waals surface area contributed by atoms with Gasteiger partial charge in [-0.15, -0.1) is 0 Å². The van der Waals surface area contributed by atoms with E-state index < -0.39 is 12.1 Å². The lowest BCUT2D eigenvalue weighted by Gasteiger charge is -2.16. The molecule has 2 aliphatic rings. The van der Waals surface area contributed by atoms with Crippen LogP contribution < -0.4 is 10.6 Å². The van der Waals surface area contributed by atoms with Crippen LogP contribution in [0.1, 0.15) is 49.7 Å². The molecule has 3 atom stereocenters. The lowest BCUT2D eigenvalue weighted by Crippen LogP contribution is -2.37. The molecule has 2 amide bonds. The molecule has 2 aromatic carbocycles. The highest BCUT2D eigenvalue weighted by atomic mass is 16.5. The number of carbonyl (C=O) groups excluding carboxylic acids is 2. The summed E-state index contributed by atoms with van der Waals surface area (Å²) in [6, 6.07) is 16.2. The SMILES string of the molecule is CCC(CCC(=O)O)NC(=O)[C@H]1C[C@H]1CNC(=O)OCC1c2ccccc2-c2ccccc21. The van der Waals surface area contributed by atoms with Crippen molar-refractivity contribution in [1.29, 1.82) is 0 Å². The van der Waals surface area contributed by atoms with Gasteiger partial charge in [-0.1, -0.05) is 55.5 Å². The predicted octanol–water partition coefficient (Wildman–Crippen LogP) is 3.92. The van der Waals surface area contributed by atoms with Gasteiger partial charge in [-0.25, -0.2) is 4.79 Å². The first-order valence-corrected chi connectivity index (χ1v) is 11.6. The van der Waals surface area contributed by atoms with E-state index in [1.165, 1.54) is 22.3 Å².